The summed E-state index contributed by atoms with van der Waals surface area (Å²) in [4.78, 5) is 15.0. The Morgan fingerprint density at radius 3 is 2.81 bits per heavy atom. The first-order valence-corrected chi connectivity index (χ1v) is 5.75. The molecular weight excluding hydrogens is 222 g/mol. The number of carbonyl (C=O) groups excluding carboxylic acids is 1. The second kappa shape index (κ2) is 4.30. The Bertz CT molecular complexity index is 528. The fourth-order valence-electron chi connectivity index (χ4n) is 1.73. The molecule has 0 aliphatic carbocycles. The first kappa shape index (κ1) is 11.2. The number of ketones is 1. The van der Waals surface area contributed by atoms with Crippen LogP contribution in [0.4, 0.5) is 0 Å². The van der Waals surface area contributed by atoms with Gasteiger partial charge >= 0.3 is 0 Å². The zero-order chi connectivity index (χ0) is 11.7. The second-order valence-corrected chi connectivity index (χ2v) is 4.87. The van der Waals surface area contributed by atoms with Gasteiger partial charge in [0.05, 0.1) is 5.69 Å². The number of rotatable bonds is 3. The van der Waals surface area contributed by atoms with Crippen LogP contribution in [0.5, 0.6) is 0 Å². The van der Waals surface area contributed by atoms with Crippen LogP contribution in [0.1, 0.15) is 30.8 Å². The third-order valence-corrected chi connectivity index (χ3v) is 2.71. The van der Waals surface area contributed by atoms with Crippen LogP contribution in [0.15, 0.2) is 24.3 Å². The van der Waals surface area contributed by atoms with Crippen molar-refractivity contribution in [3.05, 3.63) is 35.0 Å². The number of carbonyl (C=O) groups is 1. The number of nitrogens with one attached hydrogen (secondary N) is 1. The summed E-state index contributed by atoms with van der Waals surface area (Å²) < 4.78 is 0. The smallest absolute Gasteiger partial charge is 0.179 e. The van der Waals surface area contributed by atoms with E-state index in [9.17, 15) is 4.79 Å². The average Bonchev–Trinajstić information content (AvgIpc) is 2.59. The lowest BCUT2D eigenvalue weighted by Crippen LogP contribution is -2.03. The van der Waals surface area contributed by atoms with E-state index in [1.165, 1.54) is 0 Å². The molecule has 0 atom stereocenters. The van der Waals surface area contributed by atoms with Gasteiger partial charge in [0.25, 0.3) is 0 Å². The maximum atomic E-state index is 11.8. The van der Waals surface area contributed by atoms with E-state index in [2.05, 4.69) is 4.98 Å². The Morgan fingerprint density at radius 1 is 1.38 bits per heavy atom. The van der Waals surface area contributed by atoms with Crippen LogP contribution in [0.25, 0.3) is 10.9 Å². The molecular formula is C13H14ClNO. The van der Waals surface area contributed by atoms with Crippen molar-refractivity contribution < 1.29 is 4.79 Å². The summed E-state index contributed by atoms with van der Waals surface area (Å²) in [6, 6.07) is 7.44. The second-order valence-electron chi connectivity index (χ2n) is 4.44. The molecule has 0 bridgehead atoms. The number of hydrogen-bond acceptors (Lipinski definition) is 1. The van der Waals surface area contributed by atoms with Crippen molar-refractivity contribution in [2.24, 2.45) is 5.92 Å². The van der Waals surface area contributed by atoms with Crippen molar-refractivity contribution in [3.8, 4) is 0 Å². The van der Waals surface area contributed by atoms with Crippen LogP contribution in [0, 0.1) is 5.92 Å². The molecule has 0 fully saturated rings. The number of aromatic nitrogens is 1. The number of aromatic amines is 1. The molecule has 1 N–H and O–H groups in total. The van der Waals surface area contributed by atoms with Gasteiger partial charge in [-0.15, -0.1) is 0 Å². The third kappa shape index (κ3) is 2.27. The van der Waals surface area contributed by atoms with E-state index in [4.69, 9.17) is 11.6 Å². The Balaban J connectivity index is 2.36. The fourth-order valence-corrected chi connectivity index (χ4v) is 1.92. The first-order valence-electron chi connectivity index (χ1n) is 5.37. The molecule has 84 valence electrons. The molecule has 16 heavy (non-hydrogen) atoms. The normalized spacial score (nSPS) is 11.2. The Labute approximate surface area is 99.6 Å². The number of fused-ring (bicyclic) bond motifs is 1. The molecule has 0 aliphatic rings. The third-order valence-electron chi connectivity index (χ3n) is 2.48. The highest BCUT2D eigenvalue weighted by Crippen LogP contribution is 2.21. The molecule has 3 heteroatoms. The molecule has 0 saturated heterocycles. The summed E-state index contributed by atoms with van der Waals surface area (Å²) in [5, 5.41) is 1.67. The van der Waals surface area contributed by atoms with Crippen molar-refractivity contribution >= 4 is 28.3 Å². The van der Waals surface area contributed by atoms with Gasteiger partial charge < -0.3 is 4.98 Å². The van der Waals surface area contributed by atoms with E-state index < -0.39 is 0 Å². The Morgan fingerprint density at radius 2 is 2.12 bits per heavy atom. The van der Waals surface area contributed by atoms with Crippen molar-refractivity contribution in [2.45, 2.75) is 20.3 Å². The molecule has 1 aromatic carbocycles. The van der Waals surface area contributed by atoms with Crippen molar-refractivity contribution in [1.82, 2.24) is 4.98 Å². The van der Waals surface area contributed by atoms with E-state index in [1.54, 1.807) is 0 Å². The summed E-state index contributed by atoms with van der Waals surface area (Å²) >= 11 is 5.89. The van der Waals surface area contributed by atoms with Gasteiger partial charge in [-0.05, 0) is 30.2 Å². The van der Waals surface area contributed by atoms with Gasteiger partial charge in [-0.1, -0.05) is 25.4 Å². The molecule has 0 amide bonds. The molecule has 0 radical (unpaired) electrons. The predicted molar refractivity (Wildman–Crippen MR) is 67.1 cm³/mol. The topological polar surface area (TPSA) is 32.9 Å². The number of Topliss-reactive ketones (excluding diaryl/α,β-unsaturated/α-hetero) is 1. The van der Waals surface area contributed by atoms with E-state index in [1.807, 2.05) is 38.1 Å². The zero-order valence-electron chi connectivity index (χ0n) is 9.38. The highest BCUT2D eigenvalue weighted by molar-refractivity contribution is 6.31. The molecule has 1 aromatic heterocycles. The van der Waals surface area contributed by atoms with Gasteiger partial charge in [0.1, 0.15) is 0 Å². The minimum Gasteiger partial charge on any atom is -0.352 e. The lowest BCUT2D eigenvalue weighted by atomic mass is 10.1. The van der Waals surface area contributed by atoms with Crippen LogP contribution in [0.2, 0.25) is 5.02 Å². The van der Waals surface area contributed by atoms with Gasteiger partial charge in [-0.2, -0.15) is 0 Å². The van der Waals surface area contributed by atoms with Crippen molar-refractivity contribution in [1.29, 1.82) is 0 Å². The van der Waals surface area contributed by atoms with E-state index in [0.29, 0.717) is 23.1 Å². The number of benzene rings is 1. The largest absolute Gasteiger partial charge is 0.352 e. The molecule has 1 heterocycles. The summed E-state index contributed by atoms with van der Waals surface area (Å²) in [5.41, 5.74) is 1.63. The van der Waals surface area contributed by atoms with Crippen LogP contribution in [0.3, 0.4) is 0 Å². The summed E-state index contributed by atoms with van der Waals surface area (Å²) in [5.74, 6) is 0.532. The summed E-state index contributed by atoms with van der Waals surface area (Å²) in [7, 11) is 0. The molecule has 0 unspecified atom stereocenters. The van der Waals surface area contributed by atoms with Gasteiger partial charge in [0, 0.05) is 22.3 Å². The van der Waals surface area contributed by atoms with Gasteiger partial charge in [0.2, 0.25) is 0 Å². The SMILES string of the molecule is CC(C)CC(=O)c1cc2cc(Cl)ccc2[nH]1. The highest BCUT2D eigenvalue weighted by atomic mass is 35.5. The first-order chi connectivity index (χ1) is 7.56. The van der Waals surface area contributed by atoms with Crippen molar-refractivity contribution in [3.63, 3.8) is 0 Å². The van der Waals surface area contributed by atoms with E-state index >= 15 is 0 Å². The molecule has 0 saturated carbocycles. The predicted octanol–water partition coefficient (Wildman–Crippen LogP) is 4.05. The van der Waals surface area contributed by atoms with Crippen LogP contribution in [-0.4, -0.2) is 10.8 Å². The van der Waals surface area contributed by atoms with Crippen LogP contribution < -0.4 is 0 Å². The highest BCUT2D eigenvalue weighted by Gasteiger charge is 2.11. The molecule has 2 rings (SSSR count). The van der Waals surface area contributed by atoms with E-state index in [-0.39, 0.29) is 5.78 Å². The molecule has 0 aliphatic heterocycles. The zero-order valence-corrected chi connectivity index (χ0v) is 10.1. The molecule has 2 nitrogen and oxygen atoms in total. The number of halogens is 1. The van der Waals surface area contributed by atoms with Crippen LogP contribution >= 0.6 is 11.6 Å². The quantitative estimate of drug-likeness (QED) is 0.800. The van der Waals surface area contributed by atoms with E-state index in [0.717, 1.165) is 10.9 Å². The Hall–Kier alpha value is -1.28. The number of H-pyrrole nitrogens is 1. The van der Waals surface area contributed by atoms with Gasteiger partial charge in [-0.25, -0.2) is 0 Å². The molecule has 2 aromatic rings. The average molecular weight is 236 g/mol. The monoisotopic (exact) mass is 235 g/mol. The standard InChI is InChI=1S/C13H14ClNO/c1-8(2)5-13(16)12-7-9-6-10(14)3-4-11(9)15-12/h3-4,6-8,15H,5H2,1-2H3. The lowest BCUT2D eigenvalue weighted by molar-refractivity contribution is 0.0964. The number of hydrogen-bond donors (Lipinski definition) is 1. The fraction of sp³-hybridized carbons (Fsp3) is 0.308. The van der Waals surface area contributed by atoms with Gasteiger partial charge in [0.15, 0.2) is 5.78 Å². The minimum absolute atomic E-state index is 0.155. The van der Waals surface area contributed by atoms with Crippen LogP contribution in [-0.2, 0) is 0 Å². The minimum atomic E-state index is 0.155. The lowest BCUT2D eigenvalue weighted by Gasteiger charge is -2.00. The maximum Gasteiger partial charge on any atom is 0.179 e. The summed E-state index contributed by atoms with van der Waals surface area (Å²) in [6.07, 6.45) is 0.570. The molecule has 0 spiro atoms. The summed E-state index contributed by atoms with van der Waals surface area (Å²) in [6.45, 7) is 4.08. The van der Waals surface area contributed by atoms with Crippen molar-refractivity contribution in [2.75, 3.05) is 0 Å². The Kier molecular flexibility index (Phi) is 3.01. The van der Waals surface area contributed by atoms with Gasteiger partial charge in [-0.3, -0.25) is 4.79 Å². The maximum absolute atomic E-state index is 11.8.